The second-order valence-electron chi connectivity index (χ2n) is 4.90. The molecule has 1 aliphatic heterocycles. The van der Waals surface area contributed by atoms with E-state index in [0.717, 1.165) is 0 Å². The van der Waals surface area contributed by atoms with E-state index in [0.29, 0.717) is 19.3 Å². The van der Waals surface area contributed by atoms with Crippen LogP contribution >= 0.6 is 0 Å². The minimum absolute atomic E-state index is 0.00635. The highest BCUT2D eigenvalue weighted by molar-refractivity contribution is 5.82. The molecule has 0 aliphatic carbocycles. The Morgan fingerprint density at radius 3 is 2.39 bits per heavy atom. The Hall–Kier alpha value is -1.14. The molecule has 0 aromatic heterocycles. The van der Waals surface area contributed by atoms with Gasteiger partial charge in [-0.3, -0.25) is 4.79 Å². The summed E-state index contributed by atoms with van der Waals surface area (Å²) in [6, 6.07) is -0.116. The third-order valence-corrected chi connectivity index (χ3v) is 3.16. The molecule has 0 bridgehead atoms. The predicted octanol–water partition coefficient (Wildman–Crippen LogP) is 0.142. The number of carbonyl (C=O) groups excluding carboxylic acids is 1. The van der Waals surface area contributed by atoms with Crippen molar-refractivity contribution < 1.29 is 24.5 Å². The zero-order valence-corrected chi connectivity index (χ0v) is 10.8. The lowest BCUT2D eigenvalue weighted by Crippen LogP contribution is -2.44. The molecule has 0 aromatic carbocycles. The maximum atomic E-state index is 11.9. The van der Waals surface area contributed by atoms with Crippen LogP contribution in [0.1, 0.15) is 33.1 Å². The van der Waals surface area contributed by atoms with Crippen molar-refractivity contribution in [2.45, 2.75) is 51.4 Å². The molecule has 0 radical (unpaired) electrons. The van der Waals surface area contributed by atoms with Gasteiger partial charge in [-0.2, -0.15) is 0 Å². The van der Waals surface area contributed by atoms with Crippen molar-refractivity contribution in [3.8, 4) is 0 Å². The first-order valence-corrected chi connectivity index (χ1v) is 6.25. The lowest BCUT2D eigenvalue weighted by molar-refractivity contribution is -0.152. The Morgan fingerprint density at radius 2 is 1.94 bits per heavy atom. The molecule has 1 rings (SSSR count). The molecule has 3 N–H and O–H groups in total. The van der Waals surface area contributed by atoms with Gasteiger partial charge in [-0.15, -0.1) is 0 Å². The summed E-state index contributed by atoms with van der Waals surface area (Å²) in [6.45, 7) is 3.92. The molecule has 1 heterocycles. The van der Waals surface area contributed by atoms with Gasteiger partial charge in [0.1, 0.15) is 6.10 Å². The highest BCUT2D eigenvalue weighted by Crippen LogP contribution is 2.20. The number of hydrogen-bond donors (Lipinski definition) is 3. The van der Waals surface area contributed by atoms with Crippen LogP contribution in [0.15, 0.2) is 0 Å². The minimum Gasteiger partial charge on any atom is -0.479 e. The number of rotatable bonds is 6. The lowest BCUT2D eigenvalue weighted by atomic mass is 10.0. The Bertz CT molecular complexity index is 305. The van der Waals surface area contributed by atoms with Crippen LogP contribution in [0.2, 0.25) is 0 Å². The summed E-state index contributed by atoms with van der Waals surface area (Å²) < 4.78 is 5.17. The van der Waals surface area contributed by atoms with E-state index in [1.165, 1.54) is 0 Å². The zero-order chi connectivity index (χ0) is 13.7. The number of carboxylic acids is 1. The van der Waals surface area contributed by atoms with Crippen LogP contribution in [0.5, 0.6) is 0 Å². The number of nitrogens with one attached hydrogen (secondary N) is 1. The van der Waals surface area contributed by atoms with Crippen LogP contribution in [0.3, 0.4) is 0 Å². The van der Waals surface area contributed by atoms with Crippen molar-refractivity contribution in [1.82, 2.24) is 5.32 Å². The van der Waals surface area contributed by atoms with Crippen molar-refractivity contribution in [3.05, 3.63) is 0 Å². The number of aliphatic hydroxyl groups is 1. The molecule has 1 saturated heterocycles. The van der Waals surface area contributed by atoms with Gasteiger partial charge in [0.25, 0.3) is 0 Å². The molecule has 18 heavy (non-hydrogen) atoms. The minimum atomic E-state index is -1.03. The van der Waals surface area contributed by atoms with Gasteiger partial charge < -0.3 is 20.3 Å². The number of hydrogen-bond acceptors (Lipinski definition) is 4. The lowest BCUT2D eigenvalue weighted by Gasteiger charge is -2.23. The van der Waals surface area contributed by atoms with E-state index in [9.17, 15) is 9.59 Å². The van der Waals surface area contributed by atoms with Gasteiger partial charge in [-0.05, 0) is 25.2 Å². The van der Waals surface area contributed by atoms with Gasteiger partial charge in [-0.1, -0.05) is 13.8 Å². The molecule has 3 atom stereocenters. The smallest absolute Gasteiger partial charge is 0.332 e. The summed E-state index contributed by atoms with van der Waals surface area (Å²) >= 11 is 0. The summed E-state index contributed by atoms with van der Waals surface area (Å²) in [5.41, 5.74) is 0. The van der Waals surface area contributed by atoms with Gasteiger partial charge in [0, 0.05) is 12.6 Å². The molecule has 1 amide bonds. The highest BCUT2D eigenvalue weighted by Gasteiger charge is 2.35. The van der Waals surface area contributed by atoms with Crippen LogP contribution in [0, 0.1) is 5.92 Å². The van der Waals surface area contributed by atoms with Crippen LogP contribution in [-0.4, -0.2) is 46.9 Å². The molecule has 0 spiro atoms. The van der Waals surface area contributed by atoms with Gasteiger partial charge in [-0.25, -0.2) is 4.79 Å². The van der Waals surface area contributed by atoms with Crippen molar-refractivity contribution in [3.63, 3.8) is 0 Å². The van der Waals surface area contributed by atoms with Crippen LogP contribution in [-0.2, 0) is 14.3 Å². The van der Waals surface area contributed by atoms with E-state index in [4.69, 9.17) is 14.9 Å². The number of aliphatic carboxylic acids is 1. The largest absolute Gasteiger partial charge is 0.479 e. The van der Waals surface area contributed by atoms with Crippen molar-refractivity contribution >= 4 is 11.9 Å². The molecular formula is C12H21NO5. The van der Waals surface area contributed by atoms with E-state index < -0.39 is 18.2 Å². The average Bonchev–Trinajstić information content (AvgIpc) is 2.77. The number of carboxylic acid groups (broad SMARTS) is 1. The van der Waals surface area contributed by atoms with E-state index >= 15 is 0 Å². The molecular weight excluding hydrogens is 238 g/mol. The Balaban J connectivity index is 2.47. The molecule has 0 saturated carbocycles. The van der Waals surface area contributed by atoms with Crippen molar-refractivity contribution in [1.29, 1.82) is 0 Å². The number of ether oxygens (including phenoxy) is 1. The molecule has 104 valence electrons. The maximum Gasteiger partial charge on any atom is 0.332 e. The fraction of sp³-hybridized carbons (Fsp3) is 0.833. The topological polar surface area (TPSA) is 95.9 Å². The number of amides is 1. The molecule has 6 nitrogen and oxygen atoms in total. The second-order valence-corrected chi connectivity index (χ2v) is 4.90. The molecule has 1 fully saturated rings. The normalized spacial score (nSPS) is 25.1. The van der Waals surface area contributed by atoms with Crippen molar-refractivity contribution in [2.24, 2.45) is 5.92 Å². The van der Waals surface area contributed by atoms with Gasteiger partial charge in [0.05, 0.1) is 0 Å². The summed E-state index contributed by atoms with van der Waals surface area (Å²) in [4.78, 5) is 22.6. The SMILES string of the molecule is CC(C)C(CCO)NC(=O)C1CCC(C(=O)O)O1. The summed E-state index contributed by atoms with van der Waals surface area (Å²) in [5.74, 6) is -1.11. The molecule has 1 aliphatic rings. The first-order chi connectivity index (χ1) is 8.45. The number of aliphatic hydroxyl groups excluding tert-OH is 1. The maximum absolute atomic E-state index is 11.9. The van der Waals surface area contributed by atoms with E-state index in [1.807, 2.05) is 13.8 Å². The number of carbonyl (C=O) groups is 2. The van der Waals surface area contributed by atoms with Crippen molar-refractivity contribution in [2.75, 3.05) is 6.61 Å². The molecule has 0 aromatic rings. The monoisotopic (exact) mass is 259 g/mol. The fourth-order valence-corrected chi connectivity index (χ4v) is 2.00. The quantitative estimate of drug-likeness (QED) is 0.630. The van der Waals surface area contributed by atoms with E-state index in [2.05, 4.69) is 5.32 Å². The Labute approximate surface area is 106 Å². The zero-order valence-electron chi connectivity index (χ0n) is 10.8. The Morgan fingerprint density at radius 1 is 1.33 bits per heavy atom. The fourth-order valence-electron chi connectivity index (χ4n) is 2.00. The second kappa shape index (κ2) is 6.70. The van der Waals surface area contributed by atoms with Crippen LogP contribution in [0.4, 0.5) is 0 Å². The van der Waals surface area contributed by atoms with Crippen LogP contribution in [0.25, 0.3) is 0 Å². The predicted molar refractivity (Wildman–Crippen MR) is 64.0 cm³/mol. The summed E-state index contributed by atoms with van der Waals surface area (Å²) in [6.07, 6.45) is -0.299. The highest BCUT2D eigenvalue weighted by atomic mass is 16.5. The molecule has 3 unspecified atom stereocenters. The summed E-state index contributed by atoms with van der Waals surface area (Å²) in [5, 5.41) is 20.5. The third-order valence-electron chi connectivity index (χ3n) is 3.16. The first-order valence-electron chi connectivity index (χ1n) is 6.25. The van der Waals surface area contributed by atoms with E-state index in [-0.39, 0.29) is 24.5 Å². The van der Waals surface area contributed by atoms with E-state index in [1.54, 1.807) is 0 Å². The summed E-state index contributed by atoms with van der Waals surface area (Å²) in [7, 11) is 0. The Kier molecular flexibility index (Phi) is 5.55. The van der Waals surface area contributed by atoms with Gasteiger partial charge in [0.2, 0.25) is 5.91 Å². The first kappa shape index (κ1) is 14.9. The standard InChI is InChI=1S/C12H21NO5/c1-7(2)8(5-6-14)13-11(15)9-3-4-10(18-9)12(16)17/h7-10,14H,3-6H2,1-2H3,(H,13,15)(H,16,17). The van der Waals surface area contributed by atoms with Gasteiger partial charge >= 0.3 is 5.97 Å². The average molecular weight is 259 g/mol. The third kappa shape index (κ3) is 3.96. The van der Waals surface area contributed by atoms with Gasteiger partial charge in [0.15, 0.2) is 6.10 Å². The van der Waals surface area contributed by atoms with Crippen LogP contribution < -0.4 is 5.32 Å². The molecule has 6 heteroatoms.